The third-order valence-electron chi connectivity index (χ3n) is 6.12. The Morgan fingerprint density at radius 3 is 3.03 bits per heavy atom. The molecule has 10 nitrogen and oxygen atoms in total. The van der Waals surface area contributed by atoms with Crippen LogP contribution in [0.25, 0.3) is 17.0 Å². The van der Waals surface area contributed by atoms with Crippen LogP contribution >= 0.6 is 11.3 Å². The van der Waals surface area contributed by atoms with Gasteiger partial charge in [-0.2, -0.15) is 19.9 Å². The number of nitro groups is 1. The molecule has 4 aromatic rings. The minimum absolute atomic E-state index is 0.0835. The van der Waals surface area contributed by atoms with Crippen LogP contribution in [0, 0.1) is 27.4 Å². The fraction of sp³-hybridized carbons (Fsp3) is 0.261. The van der Waals surface area contributed by atoms with Gasteiger partial charge in [0.1, 0.15) is 23.1 Å². The molecule has 1 N–H and O–H groups in total. The van der Waals surface area contributed by atoms with Crippen molar-refractivity contribution < 1.29 is 9.72 Å². The maximum absolute atomic E-state index is 13.3. The average molecular weight is 474 g/mol. The van der Waals surface area contributed by atoms with Crippen LogP contribution in [0.2, 0.25) is 0 Å². The van der Waals surface area contributed by atoms with Gasteiger partial charge in [0, 0.05) is 22.6 Å². The van der Waals surface area contributed by atoms with E-state index in [-0.39, 0.29) is 17.2 Å². The lowest BCUT2D eigenvalue weighted by Gasteiger charge is -2.20. The SMILES string of the molecule is CCC1CCc2c(sc(NC(=O)c3cc(-c4cccc([N+](=O)[O-])c4)nc4ncnn34)c2C#N)C1. The second-order valence-electron chi connectivity index (χ2n) is 8.10. The van der Waals surface area contributed by atoms with Gasteiger partial charge in [0.25, 0.3) is 17.4 Å². The van der Waals surface area contributed by atoms with Crippen LogP contribution in [0.5, 0.6) is 0 Å². The Kier molecular flexibility index (Phi) is 5.51. The van der Waals surface area contributed by atoms with Gasteiger partial charge >= 0.3 is 0 Å². The van der Waals surface area contributed by atoms with Crippen LogP contribution in [0.1, 0.15) is 46.3 Å². The first kappa shape index (κ1) is 21.7. The molecule has 1 aromatic carbocycles. The molecule has 5 rings (SSSR count). The fourth-order valence-electron chi connectivity index (χ4n) is 4.28. The Bertz CT molecular complexity index is 1480. The Morgan fingerprint density at radius 2 is 2.26 bits per heavy atom. The standard InChI is InChI=1S/C23H19N7O3S/c1-2-13-6-7-16-17(11-24)22(34-20(16)8-13)28-21(31)19-10-18(27-23-25-12-26-29(19)23)14-4-3-5-15(9-14)30(32)33/h3-5,9-10,12-13H,2,6-8H2,1H3,(H,28,31). The van der Waals surface area contributed by atoms with Crippen molar-refractivity contribution in [1.82, 2.24) is 19.6 Å². The summed E-state index contributed by atoms with van der Waals surface area (Å²) in [5.41, 5.74) is 2.46. The molecule has 3 aromatic heterocycles. The fourth-order valence-corrected chi connectivity index (χ4v) is 5.58. The number of carbonyl (C=O) groups excluding carboxylic acids is 1. The maximum atomic E-state index is 13.3. The zero-order valence-corrected chi connectivity index (χ0v) is 19.0. The first-order chi connectivity index (χ1) is 16.5. The van der Waals surface area contributed by atoms with Gasteiger partial charge in [0.2, 0.25) is 0 Å². The summed E-state index contributed by atoms with van der Waals surface area (Å²) >= 11 is 1.45. The van der Waals surface area contributed by atoms with Crippen molar-refractivity contribution in [2.24, 2.45) is 5.92 Å². The lowest BCUT2D eigenvalue weighted by molar-refractivity contribution is -0.384. The number of carbonyl (C=O) groups is 1. The maximum Gasteiger partial charge on any atom is 0.275 e. The summed E-state index contributed by atoms with van der Waals surface area (Å²) in [5.74, 6) is 0.311. The molecule has 0 saturated heterocycles. The topological polar surface area (TPSA) is 139 Å². The van der Waals surface area contributed by atoms with Crippen molar-refractivity contribution in [3.8, 4) is 17.3 Å². The molecule has 1 aliphatic carbocycles. The van der Waals surface area contributed by atoms with Gasteiger partial charge in [-0.25, -0.2) is 4.98 Å². The van der Waals surface area contributed by atoms with E-state index in [0.29, 0.717) is 27.7 Å². The van der Waals surface area contributed by atoms with Gasteiger partial charge in [0.15, 0.2) is 0 Å². The van der Waals surface area contributed by atoms with E-state index in [1.165, 1.54) is 40.4 Å². The zero-order valence-electron chi connectivity index (χ0n) is 18.2. The minimum atomic E-state index is -0.488. The van der Waals surface area contributed by atoms with Crippen LogP contribution in [-0.4, -0.2) is 30.4 Å². The number of rotatable bonds is 5. The van der Waals surface area contributed by atoms with Crippen LogP contribution < -0.4 is 5.32 Å². The molecule has 1 aliphatic rings. The van der Waals surface area contributed by atoms with Crippen molar-refractivity contribution in [2.75, 3.05) is 5.32 Å². The Labute approximate surface area is 198 Å². The van der Waals surface area contributed by atoms with Crippen molar-refractivity contribution in [2.45, 2.75) is 32.6 Å². The van der Waals surface area contributed by atoms with Crippen molar-refractivity contribution in [3.05, 3.63) is 68.5 Å². The molecule has 0 spiro atoms. The van der Waals surface area contributed by atoms with Gasteiger partial charge in [-0.05, 0) is 36.8 Å². The second kappa shape index (κ2) is 8.64. The van der Waals surface area contributed by atoms with Gasteiger partial charge < -0.3 is 5.32 Å². The van der Waals surface area contributed by atoms with E-state index in [2.05, 4.69) is 33.4 Å². The van der Waals surface area contributed by atoms with Gasteiger partial charge in [-0.1, -0.05) is 25.5 Å². The summed E-state index contributed by atoms with van der Waals surface area (Å²) in [4.78, 5) is 33.7. The molecule has 11 heteroatoms. The molecule has 0 saturated carbocycles. The number of amides is 1. The summed E-state index contributed by atoms with van der Waals surface area (Å²) in [5, 5.41) is 28.5. The number of aromatic nitrogens is 4. The van der Waals surface area contributed by atoms with Crippen LogP contribution in [-0.2, 0) is 12.8 Å². The molecule has 0 radical (unpaired) electrons. The van der Waals surface area contributed by atoms with E-state index >= 15 is 0 Å². The number of fused-ring (bicyclic) bond motifs is 2. The molecule has 3 heterocycles. The van der Waals surface area contributed by atoms with Crippen LogP contribution in [0.3, 0.4) is 0 Å². The van der Waals surface area contributed by atoms with Crippen molar-refractivity contribution >= 4 is 33.7 Å². The molecule has 0 bridgehead atoms. The normalized spacial score (nSPS) is 15.0. The molecule has 170 valence electrons. The monoisotopic (exact) mass is 473 g/mol. The van der Waals surface area contributed by atoms with E-state index < -0.39 is 10.8 Å². The minimum Gasteiger partial charge on any atom is -0.311 e. The van der Waals surface area contributed by atoms with Gasteiger partial charge in [-0.3, -0.25) is 14.9 Å². The number of nitrogens with zero attached hydrogens (tertiary/aromatic N) is 6. The molecular formula is C23H19N7O3S. The predicted octanol–water partition coefficient (Wildman–Crippen LogP) is 4.40. The van der Waals surface area contributed by atoms with Crippen molar-refractivity contribution in [1.29, 1.82) is 5.26 Å². The highest BCUT2D eigenvalue weighted by Gasteiger charge is 2.27. The lowest BCUT2D eigenvalue weighted by Crippen LogP contribution is -2.17. The number of nitrogens with one attached hydrogen (secondary N) is 1. The number of nitriles is 1. The first-order valence-electron chi connectivity index (χ1n) is 10.8. The van der Waals surface area contributed by atoms with E-state index in [1.54, 1.807) is 12.1 Å². The third kappa shape index (κ3) is 3.78. The largest absolute Gasteiger partial charge is 0.311 e. The number of thiophene rings is 1. The predicted molar refractivity (Wildman–Crippen MR) is 126 cm³/mol. The summed E-state index contributed by atoms with van der Waals surface area (Å²) in [6.07, 6.45) is 5.16. The van der Waals surface area contributed by atoms with Gasteiger partial charge in [-0.15, -0.1) is 11.3 Å². The highest BCUT2D eigenvalue weighted by Crippen LogP contribution is 2.40. The quantitative estimate of drug-likeness (QED) is 0.335. The molecule has 1 unspecified atom stereocenters. The lowest BCUT2D eigenvalue weighted by atomic mass is 9.86. The summed E-state index contributed by atoms with van der Waals surface area (Å²) in [6, 6.07) is 9.79. The van der Waals surface area contributed by atoms with Gasteiger partial charge in [0.05, 0.1) is 16.2 Å². The van der Waals surface area contributed by atoms with Crippen molar-refractivity contribution in [3.63, 3.8) is 0 Å². The van der Waals surface area contributed by atoms with E-state index in [4.69, 9.17) is 0 Å². The molecule has 0 aliphatic heterocycles. The van der Waals surface area contributed by atoms with Crippen LogP contribution in [0.4, 0.5) is 10.7 Å². The second-order valence-corrected chi connectivity index (χ2v) is 9.20. The summed E-state index contributed by atoms with van der Waals surface area (Å²) < 4.78 is 1.31. The number of anilines is 1. The molecule has 1 amide bonds. The van der Waals surface area contributed by atoms with E-state index in [0.717, 1.165) is 36.1 Å². The molecule has 0 fully saturated rings. The highest BCUT2D eigenvalue weighted by molar-refractivity contribution is 7.16. The smallest absolute Gasteiger partial charge is 0.275 e. The number of hydrogen-bond donors (Lipinski definition) is 1. The highest BCUT2D eigenvalue weighted by atomic mass is 32.1. The van der Waals surface area contributed by atoms with E-state index in [1.807, 2.05) is 0 Å². The third-order valence-corrected chi connectivity index (χ3v) is 7.29. The zero-order chi connectivity index (χ0) is 23.8. The summed E-state index contributed by atoms with van der Waals surface area (Å²) in [6.45, 7) is 2.17. The number of nitro benzene ring substituents is 1. The van der Waals surface area contributed by atoms with E-state index in [9.17, 15) is 20.2 Å². The number of hydrogen-bond acceptors (Lipinski definition) is 8. The summed E-state index contributed by atoms with van der Waals surface area (Å²) in [7, 11) is 0. The number of non-ortho nitro benzene ring substituents is 1. The average Bonchev–Trinajstić information content (AvgIpc) is 3.46. The Morgan fingerprint density at radius 1 is 1.41 bits per heavy atom. The first-order valence-corrected chi connectivity index (χ1v) is 11.6. The number of benzene rings is 1. The molecule has 34 heavy (non-hydrogen) atoms. The Balaban J connectivity index is 1.53. The van der Waals surface area contributed by atoms with Crippen LogP contribution in [0.15, 0.2) is 36.7 Å². The molecule has 1 atom stereocenters. The Hall–Kier alpha value is -4.17. The molecular weight excluding hydrogens is 454 g/mol.